The molecule has 0 atom stereocenters. The third-order valence-corrected chi connectivity index (χ3v) is 7.74. The maximum Gasteiger partial charge on any atom is 0.255 e. The Balaban J connectivity index is 1.31. The Hall–Kier alpha value is -2.89. The van der Waals surface area contributed by atoms with E-state index in [2.05, 4.69) is 51.3 Å². The lowest BCUT2D eigenvalue weighted by Gasteiger charge is -2.29. The number of fused-ring (bicyclic) bond motifs is 2. The molecule has 0 spiro atoms. The second-order valence-electron chi connectivity index (χ2n) is 9.70. The molecule has 1 aliphatic carbocycles. The summed E-state index contributed by atoms with van der Waals surface area (Å²) >= 11 is 6.14. The van der Waals surface area contributed by atoms with Crippen LogP contribution in [0.4, 0.5) is 0 Å². The molecule has 34 heavy (non-hydrogen) atoms. The third kappa shape index (κ3) is 4.08. The molecule has 174 valence electrons. The lowest BCUT2D eigenvalue weighted by Crippen LogP contribution is -2.36. The highest BCUT2D eigenvalue weighted by molar-refractivity contribution is 6.30. The minimum atomic E-state index is 0.0483. The fourth-order valence-corrected chi connectivity index (χ4v) is 5.78. The highest BCUT2D eigenvalue weighted by Gasteiger charge is 2.26. The minimum absolute atomic E-state index is 0.0483. The Labute approximate surface area is 204 Å². The first-order chi connectivity index (χ1) is 16.7. The molecule has 3 heterocycles. The Bertz CT molecular complexity index is 1380. The summed E-state index contributed by atoms with van der Waals surface area (Å²) in [7, 11) is 0. The van der Waals surface area contributed by atoms with Crippen molar-refractivity contribution in [2.75, 3.05) is 6.54 Å². The molecule has 0 saturated heterocycles. The van der Waals surface area contributed by atoms with E-state index in [0.717, 1.165) is 71.2 Å². The molecule has 2 aromatic heterocycles. The van der Waals surface area contributed by atoms with Gasteiger partial charge < -0.3 is 9.97 Å². The predicted octanol–water partition coefficient (Wildman–Crippen LogP) is 6.18. The van der Waals surface area contributed by atoms with E-state index < -0.39 is 0 Å². The van der Waals surface area contributed by atoms with Gasteiger partial charge in [-0.3, -0.25) is 9.69 Å². The number of H-pyrrole nitrogens is 2. The van der Waals surface area contributed by atoms with E-state index >= 15 is 0 Å². The zero-order valence-corrected chi connectivity index (χ0v) is 20.0. The summed E-state index contributed by atoms with van der Waals surface area (Å²) in [6, 6.07) is 16.4. The quantitative estimate of drug-likeness (QED) is 0.373. The highest BCUT2D eigenvalue weighted by atomic mass is 35.5. The van der Waals surface area contributed by atoms with Crippen molar-refractivity contribution < 1.29 is 0 Å². The van der Waals surface area contributed by atoms with Crippen LogP contribution in [-0.2, 0) is 19.5 Å². The number of nitrogens with zero attached hydrogens (tertiary/aromatic N) is 2. The first-order valence-corrected chi connectivity index (χ1v) is 12.7. The molecule has 5 nitrogen and oxygen atoms in total. The van der Waals surface area contributed by atoms with E-state index in [1.54, 1.807) is 0 Å². The molecule has 0 radical (unpaired) electrons. The number of rotatable bonds is 4. The van der Waals surface area contributed by atoms with Crippen LogP contribution in [0.25, 0.3) is 22.2 Å². The molecule has 2 aromatic carbocycles. The SMILES string of the molecule is O=c1[nH]c(C2CCCCC2)nc2c1CN(Cc1c(-c3ccc(Cl)cc3)[nH]c3ccccc13)CC2. The van der Waals surface area contributed by atoms with Crippen LogP contribution in [0.1, 0.15) is 60.7 Å². The van der Waals surface area contributed by atoms with Crippen LogP contribution >= 0.6 is 11.6 Å². The van der Waals surface area contributed by atoms with E-state index in [1.165, 1.54) is 30.2 Å². The van der Waals surface area contributed by atoms with Crippen LogP contribution in [0, 0.1) is 0 Å². The van der Waals surface area contributed by atoms with Gasteiger partial charge in [-0.2, -0.15) is 0 Å². The van der Waals surface area contributed by atoms with Gasteiger partial charge in [0.05, 0.1) is 17.0 Å². The van der Waals surface area contributed by atoms with Crippen molar-refractivity contribution in [3.8, 4) is 11.3 Å². The molecule has 6 heteroatoms. The fourth-order valence-electron chi connectivity index (χ4n) is 5.66. The van der Waals surface area contributed by atoms with E-state index in [0.29, 0.717) is 12.5 Å². The van der Waals surface area contributed by atoms with Gasteiger partial charge in [0, 0.05) is 47.9 Å². The van der Waals surface area contributed by atoms with Gasteiger partial charge in [0.25, 0.3) is 5.56 Å². The average Bonchev–Trinajstić information content (AvgIpc) is 3.23. The zero-order valence-electron chi connectivity index (χ0n) is 19.2. The summed E-state index contributed by atoms with van der Waals surface area (Å²) in [6.07, 6.45) is 6.87. The van der Waals surface area contributed by atoms with Crippen LogP contribution in [0.5, 0.6) is 0 Å². The Morgan fingerprint density at radius 3 is 2.62 bits per heavy atom. The summed E-state index contributed by atoms with van der Waals surface area (Å²) in [5.74, 6) is 1.33. The monoisotopic (exact) mass is 472 g/mol. The molecule has 0 amide bonds. The van der Waals surface area contributed by atoms with Crippen molar-refractivity contribution in [3.63, 3.8) is 0 Å². The number of benzene rings is 2. The molecule has 1 fully saturated rings. The third-order valence-electron chi connectivity index (χ3n) is 7.49. The van der Waals surface area contributed by atoms with Gasteiger partial charge in [0.15, 0.2) is 0 Å². The van der Waals surface area contributed by atoms with Crippen LogP contribution in [-0.4, -0.2) is 26.4 Å². The number of aromatic nitrogens is 3. The van der Waals surface area contributed by atoms with Gasteiger partial charge >= 0.3 is 0 Å². The van der Waals surface area contributed by atoms with Gasteiger partial charge in [-0.1, -0.05) is 61.2 Å². The van der Waals surface area contributed by atoms with Crippen molar-refractivity contribution in [3.05, 3.63) is 86.6 Å². The largest absolute Gasteiger partial charge is 0.354 e. The number of para-hydroxylation sites is 1. The Morgan fingerprint density at radius 1 is 1.00 bits per heavy atom. The molecule has 2 aliphatic rings. The number of hydrogen-bond donors (Lipinski definition) is 2. The average molecular weight is 473 g/mol. The lowest BCUT2D eigenvalue weighted by atomic mass is 9.88. The van der Waals surface area contributed by atoms with E-state index in [9.17, 15) is 4.79 Å². The van der Waals surface area contributed by atoms with Gasteiger partial charge in [-0.25, -0.2) is 4.98 Å². The number of aromatic amines is 2. The standard InChI is InChI=1S/C28H29ClN4O/c29-20-12-10-18(11-13-20)26-22(21-8-4-5-9-24(21)30-26)16-33-15-14-25-23(17-33)28(34)32-27(31-25)19-6-2-1-3-7-19/h4-5,8-13,19,30H,1-3,6-7,14-17H2,(H,31,32,34). The van der Waals surface area contributed by atoms with Crippen LogP contribution in [0.2, 0.25) is 5.02 Å². The normalized spacial score (nSPS) is 17.2. The second-order valence-corrected chi connectivity index (χ2v) is 10.1. The van der Waals surface area contributed by atoms with E-state index in [4.69, 9.17) is 16.6 Å². The summed E-state index contributed by atoms with van der Waals surface area (Å²) in [5, 5.41) is 1.95. The van der Waals surface area contributed by atoms with E-state index in [-0.39, 0.29) is 5.56 Å². The number of hydrogen-bond acceptors (Lipinski definition) is 3. The van der Waals surface area contributed by atoms with Crippen molar-refractivity contribution in [1.29, 1.82) is 0 Å². The van der Waals surface area contributed by atoms with E-state index in [1.807, 2.05) is 12.1 Å². The molecule has 1 saturated carbocycles. The Morgan fingerprint density at radius 2 is 1.79 bits per heavy atom. The molecule has 4 aromatic rings. The van der Waals surface area contributed by atoms with Crippen molar-refractivity contribution in [1.82, 2.24) is 19.9 Å². The molecule has 1 aliphatic heterocycles. The van der Waals surface area contributed by atoms with Crippen molar-refractivity contribution >= 4 is 22.5 Å². The topological polar surface area (TPSA) is 64.8 Å². The van der Waals surface area contributed by atoms with Crippen LogP contribution in [0.15, 0.2) is 53.3 Å². The second kappa shape index (κ2) is 9.05. The molecule has 0 bridgehead atoms. The Kier molecular flexibility index (Phi) is 5.75. The van der Waals surface area contributed by atoms with Gasteiger partial charge in [0.1, 0.15) is 5.82 Å². The summed E-state index contributed by atoms with van der Waals surface area (Å²) in [6.45, 7) is 2.29. The lowest BCUT2D eigenvalue weighted by molar-refractivity contribution is 0.242. The first-order valence-electron chi connectivity index (χ1n) is 12.4. The van der Waals surface area contributed by atoms with Gasteiger partial charge in [-0.05, 0) is 42.2 Å². The van der Waals surface area contributed by atoms with Crippen molar-refractivity contribution in [2.45, 2.75) is 57.5 Å². The molecule has 0 unspecified atom stereocenters. The molecular formula is C28H29ClN4O. The maximum atomic E-state index is 13.1. The van der Waals surface area contributed by atoms with Gasteiger partial charge in [0.2, 0.25) is 0 Å². The minimum Gasteiger partial charge on any atom is -0.354 e. The number of nitrogens with one attached hydrogen (secondary N) is 2. The van der Waals surface area contributed by atoms with Gasteiger partial charge in [-0.15, -0.1) is 0 Å². The highest BCUT2D eigenvalue weighted by Crippen LogP contribution is 2.34. The smallest absolute Gasteiger partial charge is 0.255 e. The fraction of sp³-hybridized carbons (Fsp3) is 0.357. The summed E-state index contributed by atoms with van der Waals surface area (Å²) < 4.78 is 0. The zero-order chi connectivity index (χ0) is 23.1. The first kappa shape index (κ1) is 21.6. The van der Waals surface area contributed by atoms with Crippen LogP contribution in [0.3, 0.4) is 0 Å². The molecular weight excluding hydrogens is 444 g/mol. The maximum absolute atomic E-state index is 13.1. The van der Waals surface area contributed by atoms with Crippen LogP contribution < -0.4 is 5.56 Å². The molecule has 2 N–H and O–H groups in total. The molecule has 6 rings (SSSR count). The predicted molar refractivity (Wildman–Crippen MR) is 137 cm³/mol. The number of halogens is 1. The summed E-state index contributed by atoms with van der Waals surface area (Å²) in [5.41, 5.74) is 6.48. The van der Waals surface area contributed by atoms with Crippen molar-refractivity contribution in [2.24, 2.45) is 0 Å². The summed E-state index contributed by atoms with van der Waals surface area (Å²) in [4.78, 5) is 27.1.